The quantitative estimate of drug-likeness (QED) is 0.558. The predicted octanol–water partition coefficient (Wildman–Crippen LogP) is 4.93. The Hall–Kier alpha value is -3.12. The highest BCUT2D eigenvalue weighted by atomic mass is 35.5. The number of amides is 2. The second-order valence-electron chi connectivity index (χ2n) is 8.42. The molecule has 1 aromatic heterocycles. The van der Waals surface area contributed by atoms with Crippen LogP contribution in [-0.4, -0.2) is 27.4 Å². The van der Waals surface area contributed by atoms with E-state index in [0.717, 1.165) is 24.4 Å². The maximum absolute atomic E-state index is 12.9. The average Bonchev–Trinajstić information content (AvgIpc) is 3.22. The number of aromatic nitrogens is 2. The van der Waals surface area contributed by atoms with Crippen molar-refractivity contribution in [3.05, 3.63) is 71.0 Å². The highest BCUT2D eigenvalue weighted by Crippen LogP contribution is 2.26. The number of imidazole rings is 1. The lowest BCUT2D eigenvalue weighted by Gasteiger charge is -2.22. The fraction of sp³-hybridized carbons (Fsp3) is 0.320. The number of fused-ring (bicyclic) bond motifs is 1. The van der Waals surface area contributed by atoms with Crippen molar-refractivity contribution in [1.82, 2.24) is 14.9 Å². The molecule has 1 atom stereocenters. The lowest BCUT2D eigenvalue weighted by molar-refractivity contribution is -0.118. The Balaban J connectivity index is 1.45. The zero-order valence-electron chi connectivity index (χ0n) is 18.3. The number of hydrogen-bond donors (Lipinski definition) is 2. The van der Waals surface area contributed by atoms with Gasteiger partial charge in [-0.15, -0.1) is 0 Å². The monoisotopic (exact) mass is 450 g/mol. The first kappa shape index (κ1) is 22.1. The van der Waals surface area contributed by atoms with E-state index in [1.807, 2.05) is 44.3 Å². The Morgan fingerprint density at radius 2 is 1.81 bits per heavy atom. The lowest BCUT2D eigenvalue weighted by Crippen LogP contribution is -2.47. The van der Waals surface area contributed by atoms with Gasteiger partial charge in [0.2, 0.25) is 5.91 Å². The summed E-state index contributed by atoms with van der Waals surface area (Å²) in [4.78, 5) is 30.2. The summed E-state index contributed by atoms with van der Waals surface area (Å²) in [6.45, 7) is 4.77. The predicted molar refractivity (Wildman–Crippen MR) is 127 cm³/mol. The van der Waals surface area contributed by atoms with Gasteiger partial charge in [0.1, 0.15) is 11.9 Å². The topological polar surface area (TPSA) is 76.0 Å². The van der Waals surface area contributed by atoms with Gasteiger partial charge in [0.25, 0.3) is 5.91 Å². The number of nitrogens with one attached hydrogen (secondary N) is 2. The molecule has 1 aliphatic rings. The second kappa shape index (κ2) is 9.57. The summed E-state index contributed by atoms with van der Waals surface area (Å²) in [5, 5.41) is 6.08. The van der Waals surface area contributed by atoms with E-state index in [1.165, 1.54) is 18.5 Å². The van der Waals surface area contributed by atoms with Gasteiger partial charge < -0.3 is 15.2 Å². The number of nitrogens with zero attached hydrogens (tertiary/aromatic N) is 2. The van der Waals surface area contributed by atoms with Crippen molar-refractivity contribution in [2.45, 2.75) is 45.7 Å². The van der Waals surface area contributed by atoms with Gasteiger partial charge in [0, 0.05) is 29.7 Å². The fourth-order valence-electron chi connectivity index (χ4n) is 3.99. The standard InChI is InChI=1S/C25H27ClN4O2/c1-16(2)22(29-24(31)20-8-3-4-9-21(20)26)25(32)28-18-12-10-17(11-13-18)23-27-15-19-7-5-6-14-30(19)23/h3-4,8-13,15-16,22H,5-7,14H2,1-2H3,(H,28,32)(H,29,31). The number of carbonyl (C=O) groups excluding carboxylic acids is 2. The molecule has 32 heavy (non-hydrogen) atoms. The van der Waals surface area contributed by atoms with E-state index in [1.54, 1.807) is 24.3 Å². The van der Waals surface area contributed by atoms with Crippen LogP contribution in [0.3, 0.4) is 0 Å². The smallest absolute Gasteiger partial charge is 0.253 e. The van der Waals surface area contributed by atoms with Crippen molar-refractivity contribution < 1.29 is 9.59 Å². The fourth-order valence-corrected chi connectivity index (χ4v) is 4.21. The Morgan fingerprint density at radius 1 is 1.06 bits per heavy atom. The Labute approximate surface area is 193 Å². The Bertz CT molecular complexity index is 1120. The highest BCUT2D eigenvalue weighted by Gasteiger charge is 2.25. The molecule has 0 saturated carbocycles. The summed E-state index contributed by atoms with van der Waals surface area (Å²) >= 11 is 6.12. The van der Waals surface area contributed by atoms with Crippen LogP contribution in [0, 0.1) is 5.92 Å². The van der Waals surface area contributed by atoms with E-state index in [-0.39, 0.29) is 17.7 Å². The van der Waals surface area contributed by atoms with Crippen molar-refractivity contribution in [2.24, 2.45) is 5.92 Å². The van der Waals surface area contributed by atoms with Gasteiger partial charge in [-0.25, -0.2) is 4.98 Å². The third-order valence-corrected chi connectivity index (χ3v) is 6.10. The third-order valence-electron chi connectivity index (χ3n) is 5.77. The molecule has 2 amide bonds. The third kappa shape index (κ3) is 4.70. The minimum atomic E-state index is -0.697. The number of benzene rings is 2. The molecule has 1 aliphatic heterocycles. The molecule has 3 aromatic rings. The van der Waals surface area contributed by atoms with E-state index in [2.05, 4.69) is 20.2 Å². The minimum absolute atomic E-state index is 0.0999. The molecule has 2 heterocycles. The zero-order chi connectivity index (χ0) is 22.7. The van der Waals surface area contributed by atoms with Crippen molar-refractivity contribution in [2.75, 3.05) is 5.32 Å². The molecule has 6 nitrogen and oxygen atoms in total. The zero-order valence-corrected chi connectivity index (χ0v) is 19.0. The van der Waals surface area contributed by atoms with Gasteiger partial charge in [-0.3, -0.25) is 9.59 Å². The summed E-state index contributed by atoms with van der Waals surface area (Å²) in [5.41, 5.74) is 3.31. The molecule has 1 unspecified atom stereocenters. The SMILES string of the molecule is CC(C)C(NC(=O)c1ccccc1Cl)C(=O)Nc1ccc(-c2ncc3n2CCCC3)cc1. The van der Waals surface area contributed by atoms with Crippen LogP contribution in [0.15, 0.2) is 54.7 Å². The van der Waals surface area contributed by atoms with E-state index in [0.29, 0.717) is 16.3 Å². The number of carbonyl (C=O) groups is 2. The highest BCUT2D eigenvalue weighted by molar-refractivity contribution is 6.33. The Morgan fingerprint density at radius 3 is 2.53 bits per heavy atom. The minimum Gasteiger partial charge on any atom is -0.340 e. The summed E-state index contributed by atoms with van der Waals surface area (Å²) in [5.74, 6) is 0.219. The van der Waals surface area contributed by atoms with Gasteiger partial charge >= 0.3 is 0 Å². The van der Waals surface area contributed by atoms with Crippen LogP contribution in [0.1, 0.15) is 42.7 Å². The lowest BCUT2D eigenvalue weighted by atomic mass is 10.0. The molecule has 0 fully saturated rings. The molecule has 2 N–H and O–H groups in total. The summed E-state index contributed by atoms with van der Waals surface area (Å²) < 4.78 is 2.27. The van der Waals surface area contributed by atoms with Crippen LogP contribution in [0.2, 0.25) is 5.02 Å². The maximum atomic E-state index is 12.9. The number of halogens is 1. The van der Waals surface area contributed by atoms with Crippen LogP contribution in [0.5, 0.6) is 0 Å². The molecule has 0 spiro atoms. The van der Waals surface area contributed by atoms with Gasteiger partial charge in [0.05, 0.1) is 10.6 Å². The summed E-state index contributed by atoms with van der Waals surface area (Å²) in [6, 6.07) is 13.8. The molecule has 4 rings (SSSR count). The van der Waals surface area contributed by atoms with Crippen LogP contribution in [0.4, 0.5) is 5.69 Å². The number of aryl methyl sites for hydroxylation is 1. The first-order valence-electron chi connectivity index (χ1n) is 10.9. The van der Waals surface area contributed by atoms with Gasteiger partial charge in [-0.2, -0.15) is 0 Å². The van der Waals surface area contributed by atoms with Crippen molar-refractivity contribution in [3.63, 3.8) is 0 Å². The van der Waals surface area contributed by atoms with Gasteiger partial charge in [0.15, 0.2) is 0 Å². The largest absolute Gasteiger partial charge is 0.340 e. The molecule has 166 valence electrons. The van der Waals surface area contributed by atoms with E-state index in [9.17, 15) is 9.59 Å². The molecule has 0 saturated heterocycles. The second-order valence-corrected chi connectivity index (χ2v) is 8.83. The molecule has 2 aromatic carbocycles. The van der Waals surface area contributed by atoms with Crippen molar-refractivity contribution in [3.8, 4) is 11.4 Å². The van der Waals surface area contributed by atoms with E-state index in [4.69, 9.17) is 11.6 Å². The summed E-state index contributed by atoms with van der Waals surface area (Å²) in [7, 11) is 0. The normalized spacial score (nSPS) is 14.0. The number of anilines is 1. The molecular weight excluding hydrogens is 424 g/mol. The van der Waals surface area contributed by atoms with Crippen LogP contribution >= 0.6 is 11.6 Å². The number of rotatable bonds is 6. The van der Waals surface area contributed by atoms with Crippen LogP contribution < -0.4 is 10.6 Å². The van der Waals surface area contributed by atoms with E-state index < -0.39 is 6.04 Å². The van der Waals surface area contributed by atoms with Crippen molar-refractivity contribution in [1.29, 1.82) is 0 Å². The van der Waals surface area contributed by atoms with Crippen LogP contribution in [0.25, 0.3) is 11.4 Å². The van der Waals surface area contributed by atoms with Crippen LogP contribution in [-0.2, 0) is 17.8 Å². The molecule has 0 bridgehead atoms. The molecular formula is C25H27ClN4O2. The molecule has 0 aliphatic carbocycles. The first-order chi connectivity index (χ1) is 15.4. The van der Waals surface area contributed by atoms with Gasteiger partial charge in [-0.05, 0) is 61.6 Å². The summed E-state index contributed by atoms with van der Waals surface area (Å²) in [6.07, 6.45) is 5.40. The molecule has 0 radical (unpaired) electrons. The average molecular weight is 451 g/mol. The number of hydrogen-bond acceptors (Lipinski definition) is 3. The van der Waals surface area contributed by atoms with Gasteiger partial charge in [-0.1, -0.05) is 37.6 Å². The molecule has 7 heteroatoms. The van der Waals surface area contributed by atoms with Crippen molar-refractivity contribution >= 4 is 29.1 Å². The maximum Gasteiger partial charge on any atom is 0.253 e. The first-order valence-corrected chi connectivity index (χ1v) is 11.3. The Kier molecular flexibility index (Phi) is 6.61. The van der Waals surface area contributed by atoms with E-state index >= 15 is 0 Å².